The van der Waals surface area contributed by atoms with Crippen molar-refractivity contribution in [1.29, 1.82) is 0 Å². The zero-order valence-electron chi connectivity index (χ0n) is 11.6. The molecule has 0 aromatic rings. The molecule has 1 aliphatic heterocycles. The fourth-order valence-electron chi connectivity index (χ4n) is 2.25. The lowest BCUT2D eigenvalue weighted by molar-refractivity contribution is -0.138. The maximum Gasteiger partial charge on any atom is 0.303 e. The van der Waals surface area contributed by atoms with Gasteiger partial charge in [-0.2, -0.15) is 11.8 Å². The Kier molecular flexibility index (Phi) is 7.23. The average molecular weight is 288 g/mol. The van der Waals surface area contributed by atoms with Gasteiger partial charge in [-0.1, -0.05) is 13.8 Å². The lowest BCUT2D eigenvalue weighted by Crippen LogP contribution is -2.49. The Morgan fingerprint density at radius 3 is 2.74 bits per heavy atom. The van der Waals surface area contributed by atoms with Crippen molar-refractivity contribution in [3.8, 4) is 0 Å². The average Bonchev–Trinajstić information content (AvgIpc) is 2.35. The molecule has 2 unspecified atom stereocenters. The summed E-state index contributed by atoms with van der Waals surface area (Å²) in [6, 6.07) is -0.136. The van der Waals surface area contributed by atoms with Gasteiger partial charge >= 0.3 is 5.97 Å². The zero-order chi connectivity index (χ0) is 14.3. The molecule has 6 heteroatoms. The molecule has 0 bridgehead atoms. The number of thioether (sulfide) groups is 1. The highest BCUT2D eigenvalue weighted by Crippen LogP contribution is 2.15. The van der Waals surface area contributed by atoms with Gasteiger partial charge < -0.3 is 15.7 Å². The van der Waals surface area contributed by atoms with Crippen LogP contribution in [-0.2, 0) is 9.59 Å². The van der Waals surface area contributed by atoms with Gasteiger partial charge in [0.15, 0.2) is 0 Å². The number of carboxylic acid groups (broad SMARTS) is 1. The Morgan fingerprint density at radius 2 is 2.21 bits per heavy atom. The molecule has 0 radical (unpaired) electrons. The molecule has 0 aromatic heterocycles. The molecule has 0 spiro atoms. The van der Waals surface area contributed by atoms with E-state index in [9.17, 15) is 9.59 Å². The summed E-state index contributed by atoms with van der Waals surface area (Å²) in [6.45, 7) is 5.44. The van der Waals surface area contributed by atoms with Gasteiger partial charge in [0.05, 0.1) is 6.04 Å². The number of hydrogen-bond acceptors (Lipinski definition) is 4. The van der Waals surface area contributed by atoms with Crippen molar-refractivity contribution in [2.75, 3.05) is 24.6 Å². The second kappa shape index (κ2) is 8.43. The molecule has 0 aromatic carbocycles. The van der Waals surface area contributed by atoms with Crippen LogP contribution in [0.1, 0.15) is 26.7 Å². The van der Waals surface area contributed by atoms with E-state index in [4.69, 9.17) is 5.11 Å². The van der Waals surface area contributed by atoms with Crippen molar-refractivity contribution in [2.24, 2.45) is 11.8 Å². The van der Waals surface area contributed by atoms with Crippen LogP contribution in [0.2, 0.25) is 0 Å². The van der Waals surface area contributed by atoms with Crippen molar-refractivity contribution in [3.05, 3.63) is 0 Å². The van der Waals surface area contributed by atoms with E-state index in [1.165, 1.54) is 0 Å². The number of rotatable bonds is 7. The second-order valence-corrected chi connectivity index (χ2v) is 6.57. The third kappa shape index (κ3) is 6.82. The van der Waals surface area contributed by atoms with E-state index in [0.717, 1.165) is 24.5 Å². The summed E-state index contributed by atoms with van der Waals surface area (Å²) in [7, 11) is 0. The van der Waals surface area contributed by atoms with Crippen LogP contribution in [0.25, 0.3) is 0 Å². The maximum atomic E-state index is 11.9. The molecule has 2 atom stereocenters. The van der Waals surface area contributed by atoms with Crippen LogP contribution < -0.4 is 10.6 Å². The molecule has 3 N–H and O–H groups in total. The number of carboxylic acids is 1. The first-order valence-corrected chi connectivity index (χ1v) is 7.95. The van der Waals surface area contributed by atoms with E-state index >= 15 is 0 Å². The number of carbonyl (C=O) groups excluding carboxylic acids is 1. The summed E-state index contributed by atoms with van der Waals surface area (Å²) in [6.07, 6.45) is 0.935. The molecule has 1 saturated heterocycles. The summed E-state index contributed by atoms with van der Waals surface area (Å²) < 4.78 is 0. The van der Waals surface area contributed by atoms with Gasteiger partial charge in [-0.25, -0.2) is 0 Å². The van der Waals surface area contributed by atoms with Gasteiger partial charge in [0.1, 0.15) is 0 Å². The number of amides is 1. The van der Waals surface area contributed by atoms with Gasteiger partial charge in [0.2, 0.25) is 5.91 Å². The van der Waals surface area contributed by atoms with Crippen LogP contribution in [0.3, 0.4) is 0 Å². The monoisotopic (exact) mass is 288 g/mol. The highest BCUT2D eigenvalue weighted by molar-refractivity contribution is 7.99. The fourth-order valence-corrected chi connectivity index (χ4v) is 3.19. The molecule has 1 fully saturated rings. The first-order valence-electron chi connectivity index (χ1n) is 6.79. The van der Waals surface area contributed by atoms with Crippen LogP contribution in [-0.4, -0.2) is 47.6 Å². The van der Waals surface area contributed by atoms with Gasteiger partial charge in [-0.15, -0.1) is 0 Å². The van der Waals surface area contributed by atoms with Crippen LogP contribution >= 0.6 is 11.8 Å². The lowest BCUT2D eigenvalue weighted by atomic mass is 9.94. The summed E-state index contributed by atoms with van der Waals surface area (Å²) >= 11 is 1.77. The van der Waals surface area contributed by atoms with Gasteiger partial charge in [-0.3, -0.25) is 9.59 Å². The standard InChI is InChI=1S/C13H24N2O3S/c1-9(2)5-10(6-12(16)17)7-15-13(18)11-8-19-4-3-14-11/h9-11,14H,3-8H2,1-2H3,(H,15,18)(H,16,17). The van der Waals surface area contributed by atoms with E-state index < -0.39 is 5.97 Å². The van der Waals surface area contributed by atoms with Crippen molar-refractivity contribution in [1.82, 2.24) is 10.6 Å². The van der Waals surface area contributed by atoms with Crippen LogP contribution in [0.4, 0.5) is 0 Å². The Hall–Kier alpha value is -0.750. The van der Waals surface area contributed by atoms with Crippen molar-refractivity contribution >= 4 is 23.6 Å². The number of aliphatic carboxylic acids is 1. The van der Waals surface area contributed by atoms with Gasteiger partial charge in [0.25, 0.3) is 0 Å². The van der Waals surface area contributed by atoms with Crippen LogP contribution in [0.5, 0.6) is 0 Å². The Labute approximate surface area is 118 Å². The molecular weight excluding hydrogens is 264 g/mol. The van der Waals surface area contributed by atoms with E-state index in [2.05, 4.69) is 24.5 Å². The molecule has 0 aliphatic carbocycles. The largest absolute Gasteiger partial charge is 0.481 e. The molecule has 1 aliphatic rings. The third-order valence-corrected chi connectivity index (χ3v) is 4.13. The molecule has 1 amide bonds. The number of carbonyl (C=O) groups is 2. The molecule has 110 valence electrons. The zero-order valence-corrected chi connectivity index (χ0v) is 12.5. The predicted molar refractivity (Wildman–Crippen MR) is 77.3 cm³/mol. The Morgan fingerprint density at radius 1 is 1.47 bits per heavy atom. The molecule has 1 rings (SSSR count). The smallest absolute Gasteiger partial charge is 0.303 e. The van der Waals surface area contributed by atoms with Crippen LogP contribution in [0, 0.1) is 11.8 Å². The number of hydrogen-bond donors (Lipinski definition) is 3. The molecular formula is C13H24N2O3S. The second-order valence-electron chi connectivity index (χ2n) is 5.42. The highest BCUT2D eigenvalue weighted by Gasteiger charge is 2.22. The third-order valence-electron chi connectivity index (χ3n) is 3.07. The SMILES string of the molecule is CC(C)CC(CNC(=O)C1CSCCN1)CC(=O)O. The van der Waals surface area contributed by atoms with E-state index in [0.29, 0.717) is 12.5 Å². The maximum absolute atomic E-state index is 11.9. The normalized spacial score (nSPS) is 21.1. The minimum absolute atomic E-state index is 0.00801. The van der Waals surface area contributed by atoms with E-state index in [1.54, 1.807) is 11.8 Å². The quantitative estimate of drug-likeness (QED) is 0.650. The molecule has 1 heterocycles. The summed E-state index contributed by atoms with van der Waals surface area (Å²) in [4.78, 5) is 22.7. The van der Waals surface area contributed by atoms with Crippen molar-refractivity contribution in [3.63, 3.8) is 0 Å². The number of nitrogens with one attached hydrogen (secondary N) is 2. The minimum Gasteiger partial charge on any atom is -0.481 e. The minimum atomic E-state index is -0.800. The summed E-state index contributed by atoms with van der Waals surface area (Å²) in [5.74, 6) is 1.47. The Bertz CT molecular complexity index is 304. The van der Waals surface area contributed by atoms with Gasteiger partial charge in [-0.05, 0) is 18.3 Å². The molecule has 5 nitrogen and oxygen atoms in total. The predicted octanol–water partition coefficient (Wildman–Crippen LogP) is 0.945. The van der Waals surface area contributed by atoms with E-state index in [1.807, 2.05) is 0 Å². The van der Waals surface area contributed by atoms with Gasteiger partial charge in [0, 0.05) is 31.0 Å². The highest BCUT2D eigenvalue weighted by atomic mass is 32.2. The lowest BCUT2D eigenvalue weighted by Gasteiger charge is -2.24. The topological polar surface area (TPSA) is 78.4 Å². The summed E-state index contributed by atoms with van der Waals surface area (Å²) in [5.41, 5.74) is 0. The molecule has 0 saturated carbocycles. The van der Waals surface area contributed by atoms with E-state index in [-0.39, 0.29) is 24.3 Å². The summed E-state index contributed by atoms with van der Waals surface area (Å²) in [5, 5.41) is 14.9. The fraction of sp³-hybridized carbons (Fsp3) is 0.846. The van der Waals surface area contributed by atoms with Crippen molar-refractivity contribution in [2.45, 2.75) is 32.7 Å². The van der Waals surface area contributed by atoms with Crippen LogP contribution in [0.15, 0.2) is 0 Å². The van der Waals surface area contributed by atoms with Crippen molar-refractivity contribution < 1.29 is 14.7 Å². The Balaban J connectivity index is 2.36. The molecule has 19 heavy (non-hydrogen) atoms. The first-order chi connectivity index (χ1) is 8.99. The first kappa shape index (κ1) is 16.3.